The van der Waals surface area contributed by atoms with Gasteiger partial charge in [0.25, 0.3) is 5.91 Å². The summed E-state index contributed by atoms with van der Waals surface area (Å²) in [4.78, 5) is 25.3. The number of halogens is 1. The maximum atomic E-state index is 12.7. The number of amides is 2. The maximum absolute atomic E-state index is 12.7. The second kappa shape index (κ2) is 10.1. The van der Waals surface area contributed by atoms with E-state index >= 15 is 0 Å². The summed E-state index contributed by atoms with van der Waals surface area (Å²) in [5, 5.41) is 16.6. The molecular formula is C27H21ClN4O2. The second-order valence-corrected chi connectivity index (χ2v) is 8.21. The molecule has 4 rings (SSSR count). The molecule has 0 saturated heterocycles. The van der Waals surface area contributed by atoms with Gasteiger partial charge in [-0.2, -0.15) is 5.26 Å². The summed E-state index contributed by atoms with van der Waals surface area (Å²) in [6.45, 7) is 2.02. The topological polar surface area (TPSA) is 86.9 Å². The standard InChI is InChI=1S/C27H21ClN4O2/c1-18-6-10-23(11-7-18)31-27(34)19(15-29)14-20-16-32(25-5-3-2-4-24(20)25)17-26(33)30-22-12-8-21(28)9-13-22/h2-14,16H,17H2,1H3,(H,30,33)(H,31,34)/b19-14-. The number of para-hydroxylation sites is 1. The van der Waals surface area contributed by atoms with Crippen molar-refractivity contribution in [1.82, 2.24) is 4.57 Å². The average Bonchev–Trinajstić information content (AvgIpc) is 3.17. The minimum absolute atomic E-state index is 0.0332. The van der Waals surface area contributed by atoms with E-state index in [1.807, 2.05) is 49.4 Å². The molecule has 0 unspecified atom stereocenters. The van der Waals surface area contributed by atoms with Gasteiger partial charge in [-0.15, -0.1) is 0 Å². The maximum Gasteiger partial charge on any atom is 0.266 e. The Balaban J connectivity index is 1.58. The van der Waals surface area contributed by atoms with E-state index in [1.54, 1.807) is 53.2 Å². The van der Waals surface area contributed by atoms with Crippen LogP contribution in [0.2, 0.25) is 5.02 Å². The number of nitriles is 1. The highest BCUT2D eigenvalue weighted by Crippen LogP contribution is 2.24. The number of hydrogen-bond donors (Lipinski definition) is 2. The van der Waals surface area contributed by atoms with Crippen molar-refractivity contribution in [3.8, 4) is 6.07 Å². The van der Waals surface area contributed by atoms with Crippen LogP contribution in [0.4, 0.5) is 11.4 Å². The largest absolute Gasteiger partial charge is 0.337 e. The third kappa shape index (κ3) is 5.34. The van der Waals surface area contributed by atoms with Crippen LogP contribution < -0.4 is 10.6 Å². The van der Waals surface area contributed by atoms with E-state index in [4.69, 9.17) is 11.6 Å². The van der Waals surface area contributed by atoms with Crippen LogP contribution in [0, 0.1) is 18.3 Å². The normalized spacial score (nSPS) is 11.1. The van der Waals surface area contributed by atoms with E-state index in [2.05, 4.69) is 10.6 Å². The lowest BCUT2D eigenvalue weighted by molar-refractivity contribution is -0.116. The van der Waals surface area contributed by atoms with Gasteiger partial charge in [0.2, 0.25) is 5.91 Å². The fourth-order valence-corrected chi connectivity index (χ4v) is 3.67. The van der Waals surface area contributed by atoms with Gasteiger partial charge in [-0.3, -0.25) is 9.59 Å². The van der Waals surface area contributed by atoms with Crippen molar-refractivity contribution in [3.05, 3.63) is 101 Å². The molecule has 1 heterocycles. The Hall–Kier alpha value is -4.34. The number of aryl methyl sites for hydroxylation is 1. The van der Waals surface area contributed by atoms with E-state index in [1.165, 1.54) is 0 Å². The lowest BCUT2D eigenvalue weighted by Crippen LogP contribution is -2.18. The van der Waals surface area contributed by atoms with Crippen LogP contribution in [0.25, 0.3) is 17.0 Å². The number of fused-ring (bicyclic) bond motifs is 1. The molecule has 6 nitrogen and oxygen atoms in total. The Labute approximate surface area is 202 Å². The quantitative estimate of drug-likeness (QED) is 0.277. The van der Waals surface area contributed by atoms with Crippen molar-refractivity contribution in [2.75, 3.05) is 10.6 Å². The van der Waals surface area contributed by atoms with Gasteiger partial charge in [0.05, 0.1) is 0 Å². The Kier molecular flexibility index (Phi) is 6.77. The summed E-state index contributed by atoms with van der Waals surface area (Å²) in [5.74, 6) is -0.708. The first kappa shape index (κ1) is 22.8. The highest BCUT2D eigenvalue weighted by Gasteiger charge is 2.14. The molecular weight excluding hydrogens is 448 g/mol. The van der Waals surface area contributed by atoms with Gasteiger partial charge in [-0.25, -0.2) is 0 Å². The summed E-state index contributed by atoms with van der Waals surface area (Å²) < 4.78 is 1.79. The molecule has 0 spiro atoms. The zero-order chi connectivity index (χ0) is 24.1. The number of carbonyl (C=O) groups excluding carboxylic acids is 2. The molecule has 168 valence electrons. The summed E-state index contributed by atoms with van der Waals surface area (Å²) in [6.07, 6.45) is 3.31. The summed E-state index contributed by atoms with van der Waals surface area (Å²) >= 11 is 5.90. The van der Waals surface area contributed by atoms with Crippen LogP contribution in [-0.4, -0.2) is 16.4 Å². The lowest BCUT2D eigenvalue weighted by Gasteiger charge is -2.07. The van der Waals surface area contributed by atoms with Crippen molar-refractivity contribution in [3.63, 3.8) is 0 Å². The van der Waals surface area contributed by atoms with Crippen LogP contribution in [-0.2, 0) is 16.1 Å². The number of carbonyl (C=O) groups is 2. The van der Waals surface area contributed by atoms with Crippen LogP contribution >= 0.6 is 11.6 Å². The SMILES string of the molecule is Cc1ccc(NC(=O)/C(C#N)=C\c2cn(CC(=O)Nc3ccc(Cl)cc3)c3ccccc23)cc1. The van der Waals surface area contributed by atoms with Gasteiger partial charge < -0.3 is 15.2 Å². The molecule has 0 fully saturated rings. The van der Waals surface area contributed by atoms with Gasteiger partial charge >= 0.3 is 0 Å². The number of nitrogens with zero attached hydrogens (tertiary/aromatic N) is 2. The van der Waals surface area contributed by atoms with Crippen LogP contribution in [0.3, 0.4) is 0 Å². The summed E-state index contributed by atoms with van der Waals surface area (Å²) in [6, 6.07) is 23.7. The first-order chi connectivity index (χ1) is 16.4. The molecule has 0 aliphatic heterocycles. The molecule has 0 bridgehead atoms. The van der Waals surface area contributed by atoms with Crippen LogP contribution in [0.5, 0.6) is 0 Å². The Morgan fingerprint density at radius 1 is 0.971 bits per heavy atom. The molecule has 0 radical (unpaired) electrons. The Bertz CT molecular complexity index is 1430. The van der Waals surface area contributed by atoms with Gasteiger partial charge in [0.1, 0.15) is 18.2 Å². The number of rotatable bonds is 6. The van der Waals surface area contributed by atoms with Crippen molar-refractivity contribution in [2.45, 2.75) is 13.5 Å². The molecule has 34 heavy (non-hydrogen) atoms. The molecule has 2 N–H and O–H groups in total. The predicted molar refractivity (Wildman–Crippen MR) is 135 cm³/mol. The number of aromatic nitrogens is 1. The third-order valence-electron chi connectivity index (χ3n) is 5.24. The minimum Gasteiger partial charge on any atom is -0.337 e. The van der Waals surface area contributed by atoms with Gasteiger partial charge in [-0.1, -0.05) is 47.5 Å². The average molecular weight is 469 g/mol. The molecule has 0 aliphatic carbocycles. The molecule has 7 heteroatoms. The second-order valence-electron chi connectivity index (χ2n) is 7.77. The number of benzene rings is 3. The first-order valence-corrected chi connectivity index (χ1v) is 10.9. The lowest BCUT2D eigenvalue weighted by atomic mass is 10.1. The molecule has 0 atom stereocenters. The molecule has 0 aliphatic rings. The first-order valence-electron chi connectivity index (χ1n) is 10.6. The monoisotopic (exact) mass is 468 g/mol. The minimum atomic E-state index is -0.497. The zero-order valence-corrected chi connectivity index (χ0v) is 19.1. The van der Waals surface area contributed by atoms with E-state index in [-0.39, 0.29) is 18.0 Å². The highest BCUT2D eigenvalue weighted by molar-refractivity contribution is 6.30. The Morgan fingerprint density at radius 3 is 2.32 bits per heavy atom. The number of nitrogens with one attached hydrogen (secondary N) is 2. The Morgan fingerprint density at radius 2 is 1.62 bits per heavy atom. The summed E-state index contributed by atoms with van der Waals surface area (Å²) in [5.41, 5.74) is 3.78. The zero-order valence-electron chi connectivity index (χ0n) is 18.4. The van der Waals surface area contributed by atoms with Crippen LogP contribution in [0.1, 0.15) is 11.1 Å². The van der Waals surface area contributed by atoms with E-state index in [0.29, 0.717) is 22.0 Å². The molecule has 3 aromatic carbocycles. The van der Waals surface area contributed by atoms with Crippen molar-refractivity contribution in [2.24, 2.45) is 0 Å². The smallest absolute Gasteiger partial charge is 0.266 e. The van der Waals surface area contributed by atoms with Gasteiger partial charge in [0, 0.05) is 39.1 Å². The highest BCUT2D eigenvalue weighted by atomic mass is 35.5. The van der Waals surface area contributed by atoms with E-state index in [0.717, 1.165) is 16.5 Å². The van der Waals surface area contributed by atoms with Crippen molar-refractivity contribution < 1.29 is 9.59 Å². The molecule has 1 aromatic heterocycles. The fraction of sp³-hybridized carbons (Fsp3) is 0.0741. The van der Waals surface area contributed by atoms with E-state index < -0.39 is 5.91 Å². The van der Waals surface area contributed by atoms with Gasteiger partial charge in [0.15, 0.2) is 0 Å². The molecule has 2 amide bonds. The predicted octanol–water partition coefficient (Wildman–Crippen LogP) is 5.79. The van der Waals surface area contributed by atoms with Gasteiger partial charge in [-0.05, 0) is 55.5 Å². The van der Waals surface area contributed by atoms with Crippen LogP contribution in [0.15, 0.2) is 84.6 Å². The summed E-state index contributed by atoms with van der Waals surface area (Å²) in [7, 11) is 0. The number of hydrogen-bond acceptors (Lipinski definition) is 3. The third-order valence-corrected chi connectivity index (χ3v) is 5.49. The van der Waals surface area contributed by atoms with Crippen molar-refractivity contribution >= 4 is 51.8 Å². The van der Waals surface area contributed by atoms with Crippen molar-refractivity contribution in [1.29, 1.82) is 5.26 Å². The van der Waals surface area contributed by atoms with E-state index in [9.17, 15) is 14.9 Å². The number of anilines is 2. The molecule has 4 aromatic rings. The fourth-order valence-electron chi connectivity index (χ4n) is 3.55. The molecule has 0 saturated carbocycles.